The van der Waals surface area contributed by atoms with E-state index in [0.717, 1.165) is 6.54 Å². The molecule has 1 unspecified atom stereocenters. The van der Waals surface area contributed by atoms with Crippen molar-refractivity contribution in [1.29, 1.82) is 0 Å². The van der Waals surface area contributed by atoms with Crippen LogP contribution in [0, 0.1) is 0 Å². The molecule has 1 heterocycles. The first-order valence-electron chi connectivity index (χ1n) is 5.59. The van der Waals surface area contributed by atoms with Crippen LogP contribution in [0.25, 0.3) is 0 Å². The standard InChI is InChI=1S/C12H21NS2/c1-11(12-6-9-15-10-12)13-7-4-3-5-8-14-2/h6,9-11,13H,3-5,7-8H2,1-2H3. The van der Waals surface area contributed by atoms with Gasteiger partial charge in [0.1, 0.15) is 0 Å². The molecule has 0 saturated carbocycles. The van der Waals surface area contributed by atoms with Gasteiger partial charge in [0.25, 0.3) is 0 Å². The van der Waals surface area contributed by atoms with Gasteiger partial charge in [0.05, 0.1) is 0 Å². The van der Waals surface area contributed by atoms with Crippen LogP contribution in [-0.2, 0) is 0 Å². The molecule has 86 valence electrons. The molecule has 0 spiro atoms. The summed E-state index contributed by atoms with van der Waals surface area (Å²) in [7, 11) is 0. The zero-order chi connectivity index (χ0) is 10.9. The molecule has 0 aliphatic rings. The number of unbranched alkanes of at least 4 members (excludes halogenated alkanes) is 2. The molecule has 1 nitrogen and oxygen atoms in total. The molecular formula is C12H21NS2. The lowest BCUT2D eigenvalue weighted by Gasteiger charge is -2.11. The van der Waals surface area contributed by atoms with Crippen LogP contribution >= 0.6 is 23.1 Å². The molecule has 0 aliphatic carbocycles. The first kappa shape index (κ1) is 13.1. The van der Waals surface area contributed by atoms with E-state index in [1.165, 1.54) is 30.6 Å². The summed E-state index contributed by atoms with van der Waals surface area (Å²) >= 11 is 3.72. The van der Waals surface area contributed by atoms with Crippen LogP contribution in [0.5, 0.6) is 0 Å². The molecule has 1 aromatic rings. The van der Waals surface area contributed by atoms with E-state index in [-0.39, 0.29) is 0 Å². The third-order valence-electron chi connectivity index (χ3n) is 2.52. The number of thiophene rings is 1. The summed E-state index contributed by atoms with van der Waals surface area (Å²) in [5.41, 5.74) is 1.42. The van der Waals surface area contributed by atoms with Crippen molar-refractivity contribution in [3.8, 4) is 0 Å². The van der Waals surface area contributed by atoms with E-state index in [2.05, 4.69) is 35.3 Å². The monoisotopic (exact) mass is 243 g/mol. The first-order chi connectivity index (χ1) is 7.34. The van der Waals surface area contributed by atoms with Crippen molar-refractivity contribution in [2.24, 2.45) is 0 Å². The van der Waals surface area contributed by atoms with E-state index >= 15 is 0 Å². The zero-order valence-electron chi connectivity index (χ0n) is 9.66. The van der Waals surface area contributed by atoms with Crippen LogP contribution in [0.15, 0.2) is 16.8 Å². The Hall–Kier alpha value is 0.01000. The predicted molar refractivity (Wildman–Crippen MR) is 73.0 cm³/mol. The number of rotatable bonds is 8. The Labute approximate surface area is 102 Å². The van der Waals surface area contributed by atoms with E-state index in [1.54, 1.807) is 11.3 Å². The molecule has 1 atom stereocenters. The fraction of sp³-hybridized carbons (Fsp3) is 0.667. The van der Waals surface area contributed by atoms with Crippen LogP contribution in [-0.4, -0.2) is 18.6 Å². The Morgan fingerprint density at radius 1 is 1.40 bits per heavy atom. The maximum absolute atomic E-state index is 3.56. The Morgan fingerprint density at radius 2 is 2.27 bits per heavy atom. The number of hydrogen-bond acceptors (Lipinski definition) is 3. The van der Waals surface area contributed by atoms with E-state index in [9.17, 15) is 0 Å². The van der Waals surface area contributed by atoms with Crippen molar-refractivity contribution >= 4 is 23.1 Å². The molecular weight excluding hydrogens is 222 g/mol. The highest BCUT2D eigenvalue weighted by atomic mass is 32.2. The number of thioether (sulfide) groups is 1. The van der Waals surface area contributed by atoms with Crippen LogP contribution in [0.1, 0.15) is 37.8 Å². The maximum atomic E-state index is 3.56. The van der Waals surface area contributed by atoms with Gasteiger partial charge in [0, 0.05) is 6.04 Å². The van der Waals surface area contributed by atoms with Crippen molar-refractivity contribution in [2.75, 3.05) is 18.6 Å². The normalized spacial score (nSPS) is 12.9. The van der Waals surface area contributed by atoms with Gasteiger partial charge in [0.15, 0.2) is 0 Å². The Morgan fingerprint density at radius 3 is 2.93 bits per heavy atom. The van der Waals surface area contributed by atoms with Crippen molar-refractivity contribution < 1.29 is 0 Å². The fourth-order valence-electron chi connectivity index (χ4n) is 1.51. The highest BCUT2D eigenvalue weighted by Crippen LogP contribution is 2.15. The minimum atomic E-state index is 0.511. The van der Waals surface area contributed by atoms with Gasteiger partial charge >= 0.3 is 0 Å². The highest BCUT2D eigenvalue weighted by Gasteiger charge is 2.03. The highest BCUT2D eigenvalue weighted by molar-refractivity contribution is 7.98. The third kappa shape index (κ3) is 5.59. The lowest BCUT2D eigenvalue weighted by molar-refractivity contribution is 0.546. The Bertz CT molecular complexity index is 234. The second-order valence-electron chi connectivity index (χ2n) is 3.79. The molecule has 0 aromatic carbocycles. The van der Waals surface area contributed by atoms with Crippen LogP contribution in [0.3, 0.4) is 0 Å². The third-order valence-corrected chi connectivity index (χ3v) is 3.92. The summed E-state index contributed by atoms with van der Waals surface area (Å²) < 4.78 is 0. The smallest absolute Gasteiger partial charge is 0.0300 e. The SMILES string of the molecule is CSCCCCCNC(C)c1ccsc1. The van der Waals surface area contributed by atoms with Gasteiger partial charge < -0.3 is 5.32 Å². The summed E-state index contributed by atoms with van der Waals surface area (Å²) in [4.78, 5) is 0. The fourth-order valence-corrected chi connectivity index (χ4v) is 2.75. The largest absolute Gasteiger partial charge is 0.310 e. The van der Waals surface area contributed by atoms with Crippen molar-refractivity contribution in [2.45, 2.75) is 32.2 Å². The predicted octanol–water partition coefficient (Wildman–Crippen LogP) is 3.93. The van der Waals surface area contributed by atoms with Crippen LogP contribution in [0.4, 0.5) is 0 Å². The molecule has 0 amide bonds. The molecule has 15 heavy (non-hydrogen) atoms. The van der Waals surface area contributed by atoms with Gasteiger partial charge in [-0.1, -0.05) is 6.42 Å². The van der Waals surface area contributed by atoms with Gasteiger partial charge in [-0.15, -0.1) is 0 Å². The van der Waals surface area contributed by atoms with Gasteiger partial charge in [0.2, 0.25) is 0 Å². The van der Waals surface area contributed by atoms with Crippen molar-refractivity contribution in [3.63, 3.8) is 0 Å². The quantitative estimate of drug-likeness (QED) is 0.694. The topological polar surface area (TPSA) is 12.0 Å². The molecule has 1 N–H and O–H groups in total. The van der Waals surface area contributed by atoms with E-state index in [4.69, 9.17) is 0 Å². The second kappa shape index (κ2) is 8.20. The average molecular weight is 243 g/mol. The Balaban J connectivity index is 2.00. The summed E-state index contributed by atoms with van der Waals surface area (Å²) in [6, 6.07) is 2.72. The molecule has 0 aliphatic heterocycles. The second-order valence-corrected chi connectivity index (χ2v) is 5.55. The molecule has 1 rings (SSSR count). The number of nitrogens with one attached hydrogen (secondary N) is 1. The van der Waals surface area contributed by atoms with Crippen LogP contribution in [0.2, 0.25) is 0 Å². The Kier molecular flexibility index (Phi) is 7.14. The average Bonchev–Trinajstić information content (AvgIpc) is 2.76. The molecule has 0 fully saturated rings. The first-order valence-corrected chi connectivity index (χ1v) is 7.92. The molecule has 1 aromatic heterocycles. The maximum Gasteiger partial charge on any atom is 0.0300 e. The van der Waals surface area contributed by atoms with Gasteiger partial charge in [-0.05, 0) is 60.7 Å². The van der Waals surface area contributed by atoms with Gasteiger partial charge in [-0.2, -0.15) is 23.1 Å². The zero-order valence-corrected chi connectivity index (χ0v) is 11.3. The summed E-state index contributed by atoms with van der Waals surface area (Å²) in [5, 5.41) is 7.93. The van der Waals surface area contributed by atoms with Gasteiger partial charge in [-0.3, -0.25) is 0 Å². The minimum absolute atomic E-state index is 0.511. The van der Waals surface area contributed by atoms with E-state index in [0.29, 0.717) is 6.04 Å². The van der Waals surface area contributed by atoms with Crippen molar-refractivity contribution in [3.05, 3.63) is 22.4 Å². The van der Waals surface area contributed by atoms with E-state index in [1.807, 2.05) is 11.8 Å². The lowest BCUT2D eigenvalue weighted by atomic mass is 10.2. The molecule has 0 saturated heterocycles. The molecule has 3 heteroatoms. The van der Waals surface area contributed by atoms with Crippen LogP contribution < -0.4 is 5.32 Å². The molecule has 0 radical (unpaired) electrons. The summed E-state index contributed by atoms with van der Waals surface area (Å²) in [5.74, 6) is 1.31. The lowest BCUT2D eigenvalue weighted by Crippen LogP contribution is -2.19. The number of hydrogen-bond donors (Lipinski definition) is 1. The van der Waals surface area contributed by atoms with Crippen molar-refractivity contribution in [1.82, 2.24) is 5.32 Å². The summed E-state index contributed by atoms with van der Waals surface area (Å²) in [6.07, 6.45) is 6.19. The minimum Gasteiger partial charge on any atom is -0.310 e. The summed E-state index contributed by atoms with van der Waals surface area (Å²) in [6.45, 7) is 3.38. The van der Waals surface area contributed by atoms with Gasteiger partial charge in [-0.25, -0.2) is 0 Å². The van der Waals surface area contributed by atoms with E-state index < -0.39 is 0 Å². The molecule has 0 bridgehead atoms.